The van der Waals surface area contributed by atoms with Gasteiger partial charge in [-0.05, 0) is 32.7 Å². The van der Waals surface area contributed by atoms with E-state index in [0.29, 0.717) is 0 Å². The molecule has 1 amide bonds. The second kappa shape index (κ2) is 5.79. The van der Waals surface area contributed by atoms with Crippen molar-refractivity contribution in [2.24, 2.45) is 5.11 Å². The van der Waals surface area contributed by atoms with Gasteiger partial charge in [0.05, 0.1) is 13.2 Å². The Morgan fingerprint density at radius 3 is 2.53 bits per heavy atom. The van der Waals surface area contributed by atoms with Gasteiger partial charge in [0.25, 0.3) is 0 Å². The van der Waals surface area contributed by atoms with Crippen molar-refractivity contribution < 1.29 is 19.1 Å². The van der Waals surface area contributed by atoms with E-state index >= 15 is 0 Å². The molecule has 8 nitrogen and oxygen atoms in total. The van der Waals surface area contributed by atoms with E-state index in [4.69, 9.17) is 10.3 Å². The SMILES string of the molecule is COC(=O)[C@H]1CC(N=[N+]=[N-])CN1C(=O)OC(C)(C)C. The summed E-state index contributed by atoms with van der Waals surface area (Å²) in [4.78, 5) is 27.6. The van der Waals surface area contributed by atoms with E-state index in [1.807, 2.05) is 0 Å². The molecule has 0 aromatic rings. The first-order valence-corrected chi connectivity index (χ1v) is 5.90. The van der Waals surface area contributed by atoms with Gasteiger partial charge in [-0.3, -0.25) is 4.90 Å². The predicted octanol–water partition coefficient (Wildman–Crippen LogP) is 1.85. The zero-order chi connectivity index (χ0) is 14.6. The number of ether oxygens (including phenoxy) is 2. The summed E-state index contributed by atoms with van der Waals surface area (Å²) in [7, 11) is 1.25. The molecule has 0 radical (unpaired) electrons. The molecule has 0 aliphatic carbocycles. The minimum absolute atomic E-state index is 0.152. The highest BCUT2D eigenvalue weighted by Crippen LogP contribution is 2.24. The van der Waals surface area contributed by atoms with Crippen molar-refractivity contribution in [1.82, 2.24) is 4.90 Å². The molecule has 1 rings (SSSR count). The molecule has 8 heteroatoms. The highest BCUT2D eigenvalue weighted by molar-refractivity contribution is 5.82. The first-order chi connectivity index (χ1) is 8.78. The summed E-state index contributed by atoms with van der Waals surface area (Å²) in [5.41, 5.74) is 7.77. The zero-order valence-corrected chi connectivity index (χ0v) is 11.5. The topological polar surface area (TPSA) is 105 Å². The van der Waals surface area contributed by atoms with Crippen LogP contribution >= 0.6 is 0 Å². The molecule has 0 bridgehead atoms. The molecule has 0 saturated carbocycles. The minimum Gasteiger partial charge on any atom is -0.467 e. The van der Waals surface area contributed by atoms with Crippen molar-refractivity contribution in [3.63, 3.8) is 0 Å². The van der Waals surface area contributed by atoms with Crippen molar-refractivity contribution in [1.29, 1.82) is 0 Å². The van der Waals surface area contributed by atoms with Gasteiger partial charge in [0.15, 0.2) is 0 Å². The maximum absolute atomic E-state index is 12.0. The molecule has 0 spiro atoms. The molecule has 1 aliphatic heterocycles. The number of amides is 1. The molecule has 1 heterocycles. The normalized spacial score (nSPS) is 22.6. The van der Waals surface area contributed by atoms with Gasteiger partial charge in [-0.25, -0.2) is 9.59 Å². The van der Waals surface area contributed by atoms with Crippen LogP contribution in [0.2, 0.25) is 0 Å². The van der Waals surface area contributed by atoms with E-state index in [1.165, 1.54) is 12.0 Å². The van der Waals surface area contributed by atoms with Crippen molar-refractivity contribution in [2.75, 3.05) is 13.7 Å². The average molecular weight is 270 g/mol. The Bertz CT molecular complexity index is 411. The first kappa shape index (κ1) is 15.1. The maximum atomic E-state index is 12.0. The Labute approximate surface area is 111 Å². The molecule has 0 aromatic heterocycles. The summed E-state index contributed by atoms with van der Waals surface area (Å²) < 4.78 is 9.87. The van der Waals surface area contributed by atoms with E-state index < -0.39 is 29.7 Å². The van der Waals surface area contributed by atoms with Crippen LogP contribution in [0.25, 0.3) is 10.4 Å². The van der Waals surface area contributed by atoms with Gasteiger partial charge in [-0.15, -0.1) is 0 Å². The van der Waals surface area contributed by atoms with Crippen LogP contribution in [-0.4, -0.2) is 48.3 Å². The van der Waals surface area contributed by atoms with Crippen molar-refractivity contribution in [3.8, 4) is 0 Å². The number of carbonyl (C=O) groups excluding carboxylic acids is 2. The first-order valence-electron chi connectivity index (χ1n) is 5.90. The molecule has 19 heavy (non-hydrogen) atoms. The van der Waals surface area contributed by atoms with Crippen LogP contribution in [0.3, 0.4) is 0 Å². The standard InChI is InChI=1S/C11H18N4O4/c1-11(2,3)19-10(17)15-6-7(13-14-12)5-8(15)9(16)18-4/h7-8H,5-6H2,1-4H3/t7?,8-/m1/s1. The third-order valence-corrected chi connectivity index (χ3v) is 2.60. The number of rotatable bonds is 2. The summed E-state index contributed by atoms with van der Waals surface area (Å²) >= 11 is 0. The molecule has 106 valence electrons. The predicted molar refractivity (Wildman–Crippen MR) is 66.3 cm³/mol. The molecule has 1 saturated heterocycles. The molecular formula is C11H18N4O4. The van der Waals surface area contributed by atoms with Gasteiger partial charge >= 0.3 is 12.1 Å². The van der Waals surface area contributed by atoms with Crippen molar-refractivity contribution in [2.45, 2.75) is 44.9 Å². The molecule has 2 atom stereocenters. The van der Waals surface area contributed by atoms with Gasteiger partial charge < -0.3 is 9.47 Å². The monoisotopic (exact) mass is 270 g/mol. The van der Waals surface area contributed by atoms with E-state index in [0.717, 1.165) is 0 Å². The Hall–Kier alpha value is -1.95. The summed E-state index contributed by atoms with van der Waals surface area (Å²) in [6.45, 7) is 5.36. The number of hydrogen-bond donors (Lipinski definition) is 0. The third-order valence-electron chi connectivity index (χ3n) is 2.60. The molecule has 1 unspecified atom stereocenters. The Morgan fingerprint density at radius 1 is 1.42 bits per heavy atom. The van der Waals surface area contributed by atoms with Gasteiger partial charge in [-0.1, -0.05) is 5.11 Å². The van der Waals surface area contributed by atoms with Gasteiger partial charge in [-0.2, -0.15) is 0 Å². The lowest BCUT2D eigenvalue weighted by Crippen LogP contribution is -2.43. The van der Waals surface area contributed by atoms with Gasteiger partial charge in [0.1, 0.15) is 11.6 Å². The maximum Gasteiger partial charge on any atom is 0.411 e. The number of methoxy groups -OCH3 is 1. The smallest absolute Gasteiger partial charge is 0.411 e. The Morgan fingerprint density at radius 2 is 2.05 bits per heavy atom. The van der Waals surface area contributed by atoms with E-state index in [2.05, 4.69) is 14.8 Å². The van der Waals surface area contributed by atoms with Gasteiger partial charge in [0.2, 0.25) is 0 Å². The Kier molecular flexibility index (Phi) is 4.61. The average Bonchev–Trinajstić information content (AvgIpc) is 2.70. The summed E-state index contributed by atoms with van der Waals surface area (Å²) in [6.07, 6.45) is -0.366. The minimum atomic E-state index is -0.768. The molecule has 1 fully saturated rings. The van der Waals surface area contributed by atoms with Crippen LogP contribution in [0.5, 0.6) is 0 Å². The fraction of sp³-hybridized carbons (Fsp3) is 0.818. The molecular weight excluding hydrogens is 252 g/mol. The van der Waals surface area contributed by atoms with Crippen LogP contribution < -0.4 is 0 Å². The fourth-order valence-corrected chi connectivity index (χ4v) is 1.85. The quantitative estimate of drug-likeness (QED) is 0.330. The number of esters is 1. The van der Waals surface area contributed by atoms with E-state index in [1.54, 1.807) is 20.8 Å². The fourth-order valence-electron chi connectivity index (χ4n) is 1.85. The third kappa shape index (κ3) is 4.03. The molecule has 0 N–H and O–H groups in total. The van der Waals surface area contributed by atoms with Crippen molar-refractivity contribution >= 4 is 12.1 Å². The van der Waals surface area contributed by atoms with Crippen LogP contribution in [0.1, 0.15) is 27.2 Å². The molecule has 1 aliphatic rings. The highest BCUT2D eigenvalue weighted by Gasteiger charge is 2.41. The number of likely N-dealkylation sites (tertiary alicyclic amines) is 1. The summed E-state index contributed by atoms with van der Waals surface area (Å²) in [5.74, 6) is -0.540. The van der Waals surface area contributed by atoms with Crippen LogP contribution in [0, 0.1) is 0 Å². The van der Waals surface area contributed by atoms with Crippen molar-refractivity contribution in [3.05, 3.63) is 10.4 Å². The van der Waals surface area contributed by atoms with Crippen LogP contribution in [0.4, 0.5) is 4.79 Å². The highest BCUT2D eigenvalue weighted by atomic mass is 16.6. The second-order valence-electron chi connectivity index (χ2n) is 5.27. The summed E-state index contributed by atoms with van der Waals surface area (Å²) in [6, 6.07) is -1.21. The lowest BCUT2D eigenvalue weighted by atomic mass is 10.2. The largest absolute Gasteiger partial charge is 0.467 e. The van der Waals surface area contributed by atoms with E-state index in [9.17, 15) is 9.59 Å². The number of azide groups is 1. The number of carbonyl (C=O) groups is 2. The lowest BCUT2D eigenvalue weighted by molar-refractivity contribution is -0.145. The number of hydrogen-bond acceptors (Lipinski definition) is 5. The second-order valence-corrected chi connectivity index (χ2v) is 5.27. The van der Waals surface area contributed by atoms with Crippen LogP contribution in [0.15, 0.2) is 5.11 Å². The lowest BCUT2D eigenvalue weighted by Gasteiger charge is -2.27. The van der Waals surface area contributed by atoms with Crippen LogP contribution in [-0.2, 0) is 14.3 Å². The zero-order valence-electron chi connectivity index (χ0n) is 11.5. The summed E-state index contributed by atoms with van der Waals surface area (Å²) in [5, 5.41) is 3.54. The Balaban J connectivity index is 2.85. The number of nitrogens with zero attached hydrogens (tertiary/aromatic N) is 4. The molecule has 0 aromatic carbocycles. The van der Waals surface area contributed by atoms with Gasteiger partial charge in [0, 0.05) is 11.5 Å². The van der Waals surface area contributed by atoms with E-state index in [-0.39, 0.29) is 13.0 Å².